The zero-order chi connectivity index (χ0) is 18.4. The smallest absolute Gasteiger partial charge is 0.261 e. The molecule has 2 heterocycles. The molecule has 3 aromatic carbocycles. The van der Waals surface area contributed by atoms with E-state index in [4.69, 9.17) is 4.98 Å². The highest BCUT2D eigenvalue weighted by Crippen LogP contribution is 2.38. The fourth-order valence-electron chi connectivity index (χ4n) is 3.87. The maximum atomic E-state index is 13.4. The van der Waals surface area contributed by atoms with E-state index in [1.165, 1.54) is 0 Å². The molecule has 130 valence electrons. The topological polar surface area (TPSA) is 33.2 Å². The highest BCUT2D eigenvalue weighted by atomic mass is 16.2. The Bertz CT molecular complexity index is 1180. The van der Waals surface area contributed by atoms with Crippen LogP contribution in [0.4, 0.5) is 5.69 Å². The van der Waals surface area contributed by atoms with Gasteiger partial charge in [0.25, 0.3) is 5.91 Å². The number of para-hydroxylation sites is 1. The van der Waals surface area contributed by atoms with E-state index in [2.05, 4.69) is 12.1 Å². The molecular weight excluding hydrogens is 332 g/mol. The molecule has 4 aromatic rings. The van der Waals surface area contributed by atoms with Crippen molar-refractivity contribution in [2.75, 3.05) is 4.90 Å². The number of benzene rings is 3. The van der Waals surface area contributed by atoms with Crippen LogP contribution in [0.1, 0.15) is 21.6 Å². The second-order valence-electron chi connectivity index (χ2n) is 6.92. The third kappa shape index (κ3) is 2.51. The first-order valence-corrected chi connectivity index (χ1v) is 9.08. The van der Waals surface area contributed by atoms with Crippen LogP contribution in [0.2, 0.25) is 0 Å². The number of fused-ring (bicyclic) bond motifs is 2. The second kappa shape index (κ2) is 6.06. The summed E-state index contributed by atoms with van der Waals surface area (Å²) in [7, 11) is 0. The lowest BCUT2D eigenvalue weighted by Crippen LogP contribution is -2.23. The van der Waals surface area contributed by atoms with Crippen LogP contribution >= 0.6 is 0 Å². The Kier molecular flexibility index (Phi) is 3.54. The van der Waals surface area contributed by atoms with Crippen molar-refractivity contribution in [3.05, 3.63) is 95.7 Å². The summed E-state index contributed by atoms with van der Waals surface area (Å²) in [5.74, 6) is 0.0210. The highest BCUT2D eigenvalue weighted by molar-refractivity contribution is 6.17. The third-order valence-corrected chi connectivity index (χ3v) is 5.11. The van der Waals surface area contributed by atoms with Crippen LogP contribution in [-0.2, 0) is 6.54 Å². The largest absolute Gasteiger partial charge is 0.302 e. The van der Waals surface area contributed by atoms with E-state index in [0.29, 0.717) is 6.54 Å². The molecule has 0 spiro atoms. The van der Waals surface area contributed by atoms with Crippen molar-refractivity contribution < 1.29 is 4.79 Å². The van der Waals surface area contributed by atoms with Crippen molar-refractivity contribution in [3.63, 3.8) is 0 Å². The SMILES string of the molecule is Cc1cccc(N2Cc3nc4ccccc4c(-c4ccccc4)c3C2=O)c1. The molecule has 5 rings (SSSR count). The average molecular weight is 350 g/mol. The molecule has 0 bridgehead atoms. The number of aromatic nitrogens is 1. The normalized spacial score (nSPS) is 13.2. The Morgan fingerprint density at radius 3 is 2.44 bits per heavy atom. The zero-order valence-corrected chi connectivity index (χ0v) is 15.0. The van der Waals surface area contributed by atoms with E-state index >= 15 is 0 Å². The van der Waals surface area contributed by atoms with Gasteiger partial charge in [-0.05, 0) is 36.2 Å². The van der Waals surface area contributed by atoms with E-state index in [1.54, 1.807) is 0 Å². The summed E-state index contributed by atoms with van der Waals surface area (Å²) in [6.07, 6.45) is 0. The van der Waals surface area contributed by atoms with Gasteiger partial charge in [0.15, 0.2) is 0 Å². The van der Waals surface area contributed by atoms with E-state index < -0.39 is 0 Å². The van der Waals surface area contributed by atoms with Gasteiger partial charge in [0.05, 0.1) is 23.3 Å². The van der Waals surface area contributed by atoms with Crippen molar-refractivity contribution in [2.24, 2.45) is 0 Å². The van der Waals surface area contributed by atoms with Crippen molar-refractivity contribution in [1.29, 1.82) is 0 Å². The summed E-state index contributed by atoms with van der Waals surface area (Å²) < 4.78 is 0. The van der Waals surface area contributed by atoms with Crippen molar-refractivity contribution in [1.82, 2.24) is 4.98 Å². The Morgan fingerprint density at radius 2 is 1.63 bits per heavy atom. The van der Waals surface area contributed by atoms with E-state index in [0.717, 1.165) is 44.5 Å². The summed E-state index contributed by atoms with van der Waals surface area (Å²) in [6, 6.07) is 26.3. The molecule has 0 aliphatic carbocycles. The lowest BCUT2D eigenvalue weighted by Gasteiger charge is -2.16. The molecule has 1 amide bonds. The maximum absolute atomic E-state index is 13.4. The molecule has 0 N–H and O–H groups in total. The Hall–Kier alpha value is -3.46. The molecule has 0 saturated heterocycles. The minimum Gasteiger partial charge on any atom is -0.302 e. The number of hydrogen-bond donors (Lipinski definition) is 0. The van der Waals surface area contributed by atoms with Gasteiger partial charge in [-0.2, -0.15) is 0 Å². The summed E-state index contributed by atoms with van der Waals surface area (Å²) >= 11 is 0. The van der Waals surface area contributed by atoms with Gasteiger partial charge in [0.2, 0.25) is 0 Å². The molecule has 1 aliphatic heterocycles. The van der Waals surface area contributed by atoms with Crippen molar-refractivity contribution in [3.8, 4) is 11.1 Å². The van der Waals surface area contributed by atoms with E-state index in [9.17, 15) is 4.79 Å². The summed E-state index contributed by atoms with van der Waals surface area (Å²) in [5.41, 5.74) is 6.58. The summed E-state index contributed by atoms with van der Waals surface area (Å²) in [6.45, 7) is 2.54. The van der Waals surface area contributed by atoms with Gasteiger partial charge in [-0.25, -0.2) is 0 Å². The number of rotatable bonds is 2. The van der Waals surface area contributed by atoms with Gasteiger partial charge in [-0.3, -0.25) is 9.78 Å². The lowest BCUT2D eigenvalue weighted by atomic mass is 9.95. The molecular formula is C24H18N2O. The first-order valence-electron chi connectivity index (χ1n) is 9.08. The number of carbonyl (C=O) groups excluding carboxylic acids is 1. The first kappa shape index (κ1) is 15.8. The highest BCUT2D eigenvalue weighted by Gasteiger charge is 2.33. The number of hydrogen-bond acceptors (Lipinski definition) is 2. The van der Waals surface area contributed by atoms with Crippen molar-refractivity contribution in [2.45, 2.75) is 13.5 Å². The van der Waals surface area contributed by atoms with Gasteiger partial charge < -0.3 is 4.90 Å². The molecule has 3 heteroatoms. The zero-order valence-electron chi connectivity index (χ0n) is 15.0. The standard InChI is InChI=1S/C24H18N2O/c1-16-8-7-11-18(14-16)26-15-21-23(24(26)27)22(17-9-3-2-4-10-17)19-12-5-6-13-20(19)25-21/h2-14H,15H2,1H3. The number of carbonyl (C=O) groups is 1. The van der Waals surface area contributed by atoms with Crippen molar-refractivity contribution >= 4 is 22.5 Å². The third-order valence-electron chi connectivity index (χ3n) is 5.11. The van der Waals surface area contributed by atoms with Gasteiger partial charge >= 0.3 is 0 Å². The fourth-order valence-corrected chi connectivity index (χ4v) is 3.87. The predicted molar refractivity (Wildman–Crippen MR) is 109 cm³/mol. The minimum absolute atomic E-state index is 0.0210. The summed E-state index contributed by atoms with van der Waals surface area (Å²) in [5, 5.41) is 1.02. The molecule has 0 unspecified atom stereocenters. The van der Waals surface area contributed by atoms with Crippen LogP contribution in [-0.4, -0.2) is 10.9 Å². The summed E-state index contributed by atoms with van der Waals surface area (Å²) in [4.78, 5) is 20.1. The fraction of sp³-hybridized carbons (Fsp3) is 0.0833. The molecule has 0 radical (unpaired) electrons. The van der Waals surface area contributed by atoms with Crippen LogP contribution in [0, 0.1) is 6.92 Å². The number of aryl methyl sites for hydroxylation is 1. The Labute approximate surface area is 157 Å². The van der Waals surface area contributed by atoms with Gasteiger partial charge in [0.1, 0.15) is 0 Å². The lowest BCUT2D eigenvalue weighted by molar-refractivity contribution is 0.0997. The quantitative estimate of drug-likeness (QED) is 0.487. The monoisotopic (exact) mass is 350 g/mol. The number of nitrogens with zero attached hydrogens (tertiary/aromatic N) is 2. The van der Waals surface area contributed by atoms with E-state index in [1.807, 2.05) is 78.6 Å². The number of pyridine rings is 1. The Balaban J connectivity index is 1.77. The van der Waals surface area contributed by atoms with Gasteiger partial charge in [-0.15, -0.1) is 0 Å². The molecule has 1 aliphatic rings. The van der Waals surface area contributed by atoms with E-state index in [-0.39, 0.29) is 5.91 Å². The number of anilines is 1. The molecule has 0 atom stereocenters. The second-order valence-corrected chi connectivity index (χ2v) is 6.92. The van der Waals surface area contributed by atoms with Crippen LogP contribution in [0.3, 0.4) is 0 Å². The van der Waals surface area contributed by atoms with Crippen LogP contribution in [0.25, 0.3) is 22.0 Å². The number of amides is 1. The maximum Gasteiger partial charge on any atom is 0.261 e. The molecule has 3 nitrogen and oxygen atoms in total. The predicted octanol–water partition coefficient (Wildman–Crippen LogP) is 5.37. The molecule has 1 aromatic heterocycles. The molecule has 27 heavy (non-hydrogen) atoms. The first-order chi connectivity index (χ1) is 13.2. The van der Waals surface area contributed by atoms with Gasteiger partial charge in [0, 0.05) is 16.6 Å². The molecule has 0 fully saturated rings. The average Bonchev–Trinajstić information content (AvgIpc) is 3.03. The minimum atomic E-state index is 0.0210. The molecule has 0 saturated carbocycles. The van der Waals surface area contributed by atoms with Crippen LogP contribution in [0.15, 0.2) is 78.9 Å². The van der Waals surface area contributed by atoms with Crippen LogP contribution in [0.5, 0.6) is 0 Å². The Morgan fingerprint density at radius 1 is 0.852 bits per heavy atom. The van der Waals surface area contributed by atoms with Gasteiger partial charge in [-0.1, -0.05) is 60.7 Å². The van der Waals surface area contributed by atoms with Crippen LogP contribution < -0.4 is 4.90 Å².